The molecule has 1 aliphatic heterocycles. The fraction of sp³-hybridized carbons (Fsp3) is 0.750. The van der Waals surface area contributed by atoms with E-state index in [4.69, 9.17) is 4.74 Å². The Labute approximate surface area is 64.7 Å². The standard InChI is InChI=1S/C8H10O3/c9-5-1-3-7-8(11-7)4-2-6(5)10/h7-8H,1-4H2. The van der Waals surface area contributed by atoms with Crippen LogP contribution >= 0.6 is 0 Å². The molecule has 2 aliphatic rings. The summed E-state index contributed by atoms with van der Waals surface area (Å²) < 4.78 is 5.23. The van der Waals surface area contributed by atoms with Crippen LogP contribution in [0.5, 0.6) is 0 Å². The van der Waals surface area contributed by atoms with Crippen molar-refractivity contribution in [2.24, 2.45) is 0 Å². The van der Waals surface area contributed by atoms with Crippen molar-refractivity contribution in [3.05, 3.63) is 0 Å². The number of carbonyl (C=O) groups excluding carboxylic acids is 2. The first kappa shape index (κ1) is 6.98. The number of Topliss-reactive ketones (excluding diaryl/α,β-unsaturated/α-hetero) is 2. The van der Waals surface area contributed by atoms with Crippen LogP contribution in [0.2, 0.25) is 0 Å². The second kappa shape index (κ2) is 2.41. The fourth-order valence-electron chi connectivity index (χ4n) is 1.51. The zero-order chi connectivity index (χ0) is 7.84. The normalized spacial score (nSPS) is 37.5. The van der Waals surface area contributed by atoms with Crippen LogP contribution in [-0.4, -0.2) is 23.8 Å². The zero-order valence-electron chi connectivity index (χ0n) is 6.21. The van der Waals surface area contributed by atoms with Crippen LogP contribution < -0.4 is 0 Å². The van der Waals surface area contributed by atoms with E-state index in [1.807, 2.05) is 0 Å². The smallest absolute Gasteiger partial charge is 0.198 e. The number of carbonyl (C=O) groups is 2. The molecule has 2 unspecified atom stereocenters. The Morgan fingerprint density at radius 3 is 1.91 bits per heavy atom. The van der Waals surface area contributed by atoms with Crippen LogP contribution in [0.25, 0.3) is 0 Å². The molecule has 0 spiro atoms. The first-order valence-electron chi connectivity index (χ1n) is 3.99. The highest BCUT2D eigenvalue weighted by atomic mass is 16.6. The number of epoxide rings is 1. The molecular formula is C8H10O3. The summed E-state index contributed by atoms with van der Waals surface area (Å²) in [4.78, 5) is 21.9. The average molecular weight is 154 g/mol. The molecule has 3 heteroatoms. The van der Waals surface area contributed by atoms with Crippen LogP contribution in [-0.2, 0) is 14.3 Å². The van der Waals surface area contributed by atoms with E-state index in [1.165, 1.54) is 0 Å². The Bertz CT molecular complexity index is 187. The molecule has 0 bridgehead atoms. The van der Waals surface area contributed by atoms with Gasteiger partial charge in [0.15, 0.2) is 11.6 Å². The maximum Gasteiger partial charge on any atom is 0.198 e. The summed E-state index contributed by atoms with van der Waals surface area (Å²) in [6.45, 7) is 0. The van der Waals surface area contributed by atoms with Crippen molar-refractivity contribution in [3.63, 3.8) is 0 Å². The summed E-state index contributed by atoms with van der Waals surface area (Å²) in [6, 6.07) is 0. The summed E-state index contributed by atoms with van der Waals surface area (Å²) in [7, 11) is 0. The van der Waals surface area contributed by atoms with Crippen LogP contribution in [0.15, 0.2) is 0 Å². The lowest BCUT2D eigenvalue weighted by Crippen LogP contribution is -2.17. The van der Waals surface area contributed by atoms with Crippen LogP contribution in [0, 0.1) is 0 Å². The van der Waals surface area contributed by atoms with Crippen LogP contribution in [0.4, 0.5) is 0 Å². The quantitative estimate of drug-likeness (QED) is 0.376. The minimum Gasteiger partial charge on any atom is -0.370 e. The maximum absolute atomic E-state index is 10.9. The van der Waals surface area contributed by atoms with E-state index < -0.39 is 0 Å². The summed E-state index contributed by atoms with van der Waals surface area (Å²) >= 11 is 0. The molecule has 0 radical (unpaired) electrons. The molecule has 1 aliphatic carbocycles. The topological polar surface area (TPSA) is 46.7 Å². The third-order valence-corrected chi connectivity index (χ3v) is 2.31. The molecular weight excluding hydrogens is 144 g/mol. The van der Waals surface area contributed by atoms with Crippen molar-refractivity contribution in [1.82, 2.24) is 0 Å². The van der Waals surface area contributed by atoms with Gasteiger partial charge in [-0.1, -0.05) is 0 Å². The molecule has 0 N–H and O–H groups in total. The molecule has 3 nitrogen and oxygen atoms in total. The molecule has 11 heavy (non-hydrogen) atoms. The van der Waals surface area contributed by atoms with Gasteiger partial charge in [-0.05, 0) is 12.8 Å². The average Bonchev–Trinajstić information content (AvgIpc) is 2.72. The van der Waals surface area contributed by atoms with E-state index in [1.54, 1.807) is 0 Å². The summed E-state index contributed by atoms with van der Waals surface area (Å²) in [5, 5.41) is 0. The molecule has 2 rings (SSSR count). The van der Waals surface area contributed by atoms with E-state index >= 15 is 0 Å². The van der Waals surface area contributed by atoms with E-state index in [0.717, 1.165) is 12.8 Å². The maximum atomic E-state index is 10.9. The molecule has 0 aromatic heterocycles. The Morgan fingerprint density at radius 2 is 1.45 bits per heavy atom. The molecule has 1 saturated carbocycles. The van der Waals surface area contributed by atoms with Crippen molar-refractivity contribution in [3.8, 4) is 0 Å². The third-order valence-electron chi connectivity index (χ3n) is 2.31. The van der Waals surface area contributed by atoms with Gasteiger partial charge >= 0.3 is 0 Å². The molecule has 2 fully saturated rings. The molecule has 0 aromatic rings. The van der Waals surface area contributed by atoms with E-state index in [-0.39, 0.29) is 23.8 Å². The van der Waals surface area contributed by atoms with Gasteiger partial charge in [-0.25, -0.2) is 0 Å². The molecule has 0 amide bonds. The molecule has 0 aromatic carbocycles. The molecule has 1 saturated heterocycles. The van der Waals surface area contributed by atoms with Gasteiger partial charge in [-0.2, -0.15) is 0 Å². The fourth-order valence-corrected chi connectivity index (χ4v) is 1.51. The second-order valence-corrected chi connectivity index (χ2v) is 3.14. The first-order valence-corrected chi connectivity index (χ1v) is 3.99. The van der Waals surface area contributed by atoms with Crippen molar-refractivity contribution in [2.45, 2.75) is 37.9 Å². The number of rotatable bonds is 0. The Balaban J connectivity index is 1.99. The van der Waals surface area contributed by atoms with Gasteiger partial charge in [0.25, 0.3) is 0 Å². The van der Waals surface area contributed by atoms with Gasteiger partial charge < -0.3 is 4.74 Å². The number of hydrogen-bond acceptors (Lipinski definition) is 3. The van der Waals surface area contributed by atoms with E-state index in [0.29, 0.717) is 12.8 Å². The lowest BCUT2D eigenvalue weighted by Gasteiger charge is -2.01. The third kappa shape index (κ3) is 1.33. The lowest BCUT2D eigenvalue weighted by molar-refractivity contribution is -0.136. The summed E-state index contributed by atoms with van der Waals surface area (Å²) in [5.74, 6) is -0.419. The monoisotopic (exact) mass is 154 g/mol. The molecule has 60 valence electrons. The van der Waals surface area contributed by atoms with Gasteiger partial charge in [-0.15, -0.1) is 0 Å². The second-order valence-electron chi connectivity index (χ2n) is 3.14. The highest BCUT2D eigenvalue weighted by Gasteiger charge is 2.40. The summed E-state index contributed by atoms with van der Waals surface area (Å²) in [6.07, 6.45) is 2.84. The highest BCUT2D eigenvalue weighted by molar-refractivity contribution is 6.37. The first-order chi connectivity index (χ1) is 5.27. The number of ether oxygens (including phenoxy) is 1. The summed E-state index contributed by atoms with van der Waals surface area (Å²) in [5.41, 5.74) is 0. The Hall–Kier alpha value is -0.700. The van der Waals surface area contributed by atoms with Crippen LogP contribution in [0.3, 0.4) is 0 Å². The van der Waals surface area contributed by atoms with Gasteiger partial charge in [0.1, 0.15) is 0 Å². The van der Waals surface area contributed by atoms with Gasteiger partial charge in [0, 0.05) is 12.8 Å². The lowest BCUT2D eigenvalue weighted by atomic mass is 9.99. The van der Waals surface area contributed by atoms with Crippen molar-refractivity contribution in [2.75, 3.05) is 0 Å². The van der Waals surface area contributed by atoms with Gasteiger partial charge in [0.05, 0.1) is 12.2 Å². The minimum absolute atomic E-state index is 0.209. The minimum atomic E-state index is -0.209. The van der Waals surface area contributed by atoms with Gasteiger partial charge in [0.2, 0.25) is 0 Å². The molecule has 2 atom stereocenters. The number of fused-ring (bicyclic) bond motifs is 1. The van der Waals surface area contributed by atoms with Crippen molar-refractivity contribution >= 4 is 11.6 Å². The van der Waals surface area contributed by atoms with Crippen molar-refractivity contribution in [1.29, 1.82) is 0 Å². The zero-order valence-corrected chi connectivity index (χ0v) is 6.21. The Kier molecular flexibility index (Phi) is 1.53. The highest BCUT2D eigenvalue weighted by Crippen LogP contribution is 2.32. The predicted octanol–water partition coefficient (Wildman–Crippen LogP) is 0.466. The van der Waals surface area contributed by atoms with Crippen molar-refractivity contribution < 1.29 is 14.3 Å². The van der Waals surface area contributed by atoms with Crippen LogP contribution in [0.1, 0.15) is 25.7 Å². The molecule has 1 heterocycles. The van der Waals surface area contributed by atoms with E-state index in [2.05, 4.69) is 0 Å². The number of hydrogen-bond donors (Lipinski definition) is 0. The SMILES string of the molecule is O=C1CCC2OC2CCC1=O. The predicted molar refractivity (Wildman–Crippen MR) is 37.1 cm³/mol. The van der Waals surface area contributed by atoms with Gasteiger partial charge in [-0.3, -0.25) is 9.59 Å². The van der Waals surface area contributed by atoms with E-state index in [9.17, 15) is 9.59 Å². The Morgan fingerprint density at radius 1 is 1.00 bits per heavy atom. The number of ketones is 2. The largest absolute Gasteiger partial charge is 0.370 e.